The van der Waals surface area contributed by atoms with Gasteiger partial charge in [-0.05, 0) is 44.0 Å². The molecule has 1 saturated carbocycles. The van der Waals surface area contributed by atoms with Crippen molar-refractivity contribution in [3.63, 3.8) is 0 Å². The van der Waals surface area contributed by atoms with Crippen LogP contribution >= 0.6 is 0 Å². The van der Waals surface area contributed by atoms with Crippen molar-refractivity contribution in [1.82, 2.24) is 14.5 Å². The van der Waals surface area contributed by atoms with Crippen LogP contribution in [0.15, 0.2) is 29.2 Å². The van der Waals surface area contributed by atoms with Crippen LogP contribution in [-0.2, 0) is 10.0 Å². The van der Waals surface area contributed by atoms with Crippen molar-refractivity contribution in [2.45, 2.75) is 30.6 Å². The highest BCUT2D eigenvalue weighted by Crippen LogP contribution is 2.24. The summed E-state index contributed by atoms with van der Waals surface area (Å²) in [4.78, 5) is 14.7. The average molecular weight is 365 g/mol. The Hall–Kier alpha value is -1.44. The molecule has 25 heavy (non-hydrogen) atoms. The highest BCUT2D eigenvalue weighted by atomic mass is 32.2. The summed E-state index contributed by atoms with van der Waals surface area (Å²) in [5, 5.41) is 2.95. The summed E-state index contributed by atoms with van der Waals surface area (Å²) in [6.45, 7) is 3.09. The Bertz CT molecular complexity index is 706. The lowest BCUT2D eigenvalue weighted by Crippen LogP contribution is -2.47. The van der Waals surface area contributed by atoms with Gasteiger partial charge in [-0.3, -0.25) is 4.79 Å². The van der Waals surface area contributed by atoms with Gasteiger partial charge in [0, 0.05) is 38.3 Å². The van der Waals surface area contributed by atoms with Gasteiger partial charge >= 0.3 is 0 Å². The number of nitrogens with one attached hydrogen (secondary N) is 1. The van der Waals surface area contributed by atoms with Gasteiger partial charge in [-0.2, -0.15) is 4.31 Å². The summed E-state index contributed by atoms with van der Waals surface area (Å²) in [5.41, 5.74) is 0.410. The lowest BCUT2D eigenvalue weighted by atomic mass is 10.1. The Morgan fingerprint density at radius 2 is 1.84 bits per heavy atom. The number of carbonyl (C=O) groups excluding carboxylic acids is 1. The van der Waals surface area contributed by atoms with Crippen LogP contribution in [0.5, 0.6) is 0 Å². The number of nitrogens with zero attached hydrogens (tertiary/aromatic N) is 2. The predicted molar refractivity (Wildman–Crippen MR) is 97.0 cm³/mol. The van der Waals surface area contributed by atoms with Crippen molar-refractivity contribution in [2.24, 2.45) is 5.92 Å². The van der Waals surface area contributed by atoms with Crippen LogP contribution in [0.3, 0.4) is 0 Å². The van der Waals surface area contributed by atoms with Crippen LogP contribution in [-0.4, -0.2) is 63.3 Å². The van der Waals surface area contributed by atoms with Crippen LogP contribution < -0.4 is 5.32 Å². The van der Waals surface area contributed by atoms with E-state index in [1.165, 1.54) is 23.2 Å². The second-order valence-electron chi connectivity index (χ2n) is 7.10. The highest BCUT2D eigenvalue weighted by molar-refractivity contribution is 7.89. The monoisotopic (exact) mass is 365 g/mol. The lowest BCUT2D eigenvalue weighted by molar-refractivity contribution is 0.0947. The van der Waals surface area contributed by atoms with E-state index >= 15 is 0 Å². The predicted octanol–water partition coefficient (Wildman–Crippen LogP) is 1.54. The molecule has 0 aromatic heterocycles. The largest absolute Gasteiger partial charge is 0.352 e. The van der Waals surface area contributed by atoms with Gasteiger partial charge in [0.15, 0.2) is 0 Å². The van der Waals surface area contributed by atoms with Gasteiger partial charge in [-0.15, -0.1) is 0 Å². The third-order valence-corrected chi connectivity index (χ3v) is 7.12. The van der Waals surface area contributed by atoms with E-state index in [0.29, 0.717) is 31.1 Å². The molecule has 1 aliphatic heterocycles. The second kappa shape index (κ2) is 7.85. The van der Waals surface area contributed by atoms with Gasteiger partial charge in [-0.1, -0.05) is 18.9 Å². The number of amides is 1. The van der Waals surface area contributed by atoms with Gasteiger partial charge in [0.2, 0.25) is 10.0 Å². The summed E-state index contributed by atoms with van der Waals surface area (Å²) in [7, 11) is -1.56. The van der Waals surface area contributed by atoms with Crippen molar-refractivity contribution in [1.29, 1.82) is 0 Å². The summed E-state index contributed by atoms with van der Waals surface area (Å²) in [5.74, 6) is 0.364. The fourth-order valence-electron chi connectivity index (χ4n) is 3.53. The Balaban J connectivity index is 1.68. The molecular formula is C18H27N3O3S. The van der Waals surface area contributed by atoms with Gasteiger partial charge < -0.3 is 10.2 Å². The number of carbonyl (C=O) groups is 1. The number of hydrogen-bond acceptors (Lipinski definition) is 4. The van der Waals surface area contributed by atoms with Gasteiger partial charge in [0.25, 0.3) is 5.91 Å². The minimum atomic E-state index is -3.55. The normalized spacial score (nSPS) is 20.7. The SMILES string of the molecule is CN1CCN(S(=O)(=O)c2cccc(C(=O)NCC3CCCC3)c2)CC1. The molecule has 6 nitrogen and oxygen atoms in total. The van der Waals surface area contributed by atoms with Crippen LogP contribution in [0.4, 0.5) is 0 Å². The molecule has 1 aliphatic carbocycles. The average Bonchev–Trinajstić information content (AvgIpc) is 3.14. The lowest BCUT2D eigenvalue weighted by Gasteiger charge is -2.31. The van der Waals surface area contributed by atoms with E-state index in [2.05, 4.69) is 10.2 Å². The van der Waals surface area contributed by atoms with E-state index in [0.717, 1.165) is 25.9 Å². The number of sulfonamides is 1. The molecule has 2 aliphatic rings. The maximum Gasteiger partial charge on any atom is 0.251 e. The van der Waals surface area contributed by atoms with Crippen LogP contribution in [0, 0.1) is 5.92 Å². The van der Waals surface area contributed by atoms with E-state index in [1.807, 2.05) is 7.05 Å². The van der Waals surface area contributed by atoms with Crippen LogP contribution in [0.25, 0.3) is 0 Å². The standard InChI is InChI=1S/C18H27N3O3S/c1-20-9-11-21(12-10-20)25(23,24)17-8-4-7-16(13-17)18(22)19-14-15-5-2-3-6-15/h4,7-8,13,15H,2-3,5-6,9-12,14H2,1H3,(H,19,22). The minimum absolute atomic E-state index is 0.192. The molecule has 2 fully saturated rings. The molecule has 1 amide bonds. The van der Waals surface area contributed by atoms with E-state index in [9.17, 15) is 13.2 Å². The molecule has 1 saturated heterocycles. The zero-order valence-corrected chi connectivity index (χ0v) is 15.6. The van der Waals surface area contributed by atoms with Crippen molar-refractivity contribution in [3.05, 3.63) is 29.8 Å². The maximum absolute atomic E-state index is 12.8. The minimum Gasteiger partial charge on any atom is -0.352 e. The molecule has 3 rings (SSSR count). The van der Waals surface area contributed by atoms with Crippen molar-refractivity contribution < 1.29 is 13.2 Å². The summed E-state index contributed by atoms with van der Waals surface area (Å²) >= 11 is 0. The molecule has 1 N–H and O–H groups in total. The second-order valence-corrected chi connectivity index (χ2v) is 9.03. The van der Waals surface area contributed by atoms with Crippen molar-refractivity contribution >= 4 is 15.9 Å². The molecule has 1 aromatic rings. The quantitative estimate of drug-likeness (QED) is 0.859. The van der Waals surface area contributed by atoms with E-state index in [4.69, 9.17) is 0 Å². The molecular weight excluding hydrogens is 338 g/mol. The number of rotatable bonds is 5. The fourth-order valence-corrected chi connectivity index (χ4v) is 5.00. The van der Waals surface area contributed by atoms with Crippen LogP contribution in [0.1, 0.15) is 36.0 Å². The third kappa shape index (κ3) is 4.40. The summed E-state index contributed by atoms with van der Waals surface area (Å²) in [6.07, 6.45) is 4.80. The molecule has 0 bridgehead atoms. The Labute approximate surface area is 150 Å². The van der Waals surface area contributed by atoms with E-state index in [-0.39, 0.29) is 10.8 Å². The fraction of sp³-hybridized carbons (Fsp3) is 0.611. The molecule has 1 aromatic carbocycles. The van der Waals surface area contributed by atoms with Gasteiger partial charge in [0.05, 0.1) is 4.90 Å². The molecule has 1 heterocycles. The first-order chi connectivity index (χ1) is 12.0. The van der Waals surface area contributed by atoms with E-state index in [1.54, 1.807) is 18.2 Å². The molecule has 0 unspecified atom stereocenters. The number of hydrogen-bond donors (Lipinski definition) is 1. The summed E-state index contributed by atoms with van der Waals surface area (Å²) < 4.78 is 27.1. The first-order valence-corrected chi connectivity index (χ1v) is 10.5. The molecule has 138 valence electrons. The third-order valence-electron chi connectivity index (χ3n) is 5.22. The Morgan fingerprint density at radius 3 is 2.52 bits per heavy atom. The first-order valence-electron chi connectivity index (χ1n) is 9.04. The first kappa shape index (κ1) is 18.4. The molecule has 0 spiro atoms. The van der Waals surface area contributed by atoms with Crippen molar-refractivity contribution in [3.8, 4) is 0 Å². The topological polar surface area (TPSA) is 69.7 Å². The molecule has 7 heteroatoms. The smallest absolute Gasteiger partial charge is 0.251 e. The number of piperazine rings is 1. The van der Waals surface area contributed by atoms with Gasteiger partial charge in [0.1, 0.15) is 0 Å². The highest BCUT2D eigenvalue weighted by Gasteiger charge is 2.28. The zero-order valence-electron chi connectivity index (χ0n) is 14.8. The maximum atomic E-state index is 12.8. The Morgan fingerprint density at radius 1 is 1.16 bits per heavy atom. The van der Waals surface area contributed by atoms with E-state index < -0.39 is 10.0 Å². The number of benzene rings is 1. The zero-order chi connectivity index (χ0) is 17.9. The van der Waals surface area contributed by atoms with Gasteiger partial charge in [-0.25, -0.2) is 8.42 Å². The molecule has 0 radical (unpaired) electrons. The van der Waals surface area contributed by atoms with Crippen molar-refractivity contribution in [2.75, 3.05) is 39.8 Å². The molecule has 0 atom stereocenters. The number of likely N-dealkylation sites (N-methyl/N-ethyl adjacent to an activating group) is 1. The Kier molecular flexibility index (Phi) is 5.76. The summed E-state index contributed by atoms with van der Waals surface area (Å²) in [6, 6.07) is 6.39. The van der Waals surface area contributed by atoms with Crippen LogP contribution in [0.2, 0.25) is 0 Å².